The first-order chi connectivity index (χ1) is 16.0. The van der Waals surface area contributed by atoms with E-state index >= 15 is 0 Å². The summed E-state index contributed by atoms with van der Waals surface area (Å²) in [6.07, 6.45) is -2.88. The summed E-state index contributed by atoms with van der Waals surface area (Å²) in [4.78, 5) is 15.7. The van der Waals surface area contributed by atoms with Crippen molar-refractivity contribution in [2.75, 3.05) is 18.4 Å². The molecule has 0 spiro atoms. The molecular weight excluding hydrogens is 470 g/mol. The third kappa shape index (κ3) is 5.10. The van der Waals surface area contributed by atoms with E-state index in [1.54, 1.807) is 6.92 Å². The minimum Gasteiger partial charge on any atom is -0.365 e. The Kier molecular flexibility index (Phi) is 6.96. The van der Waals surface area contributed by atoms with Gasteiger partial charge in [0.25, 0.3) is 0 Å². The predicted molar refractivity (Wildman–Crippen MR) is 124 cm³/mol. The maximum Gasteiger partial charge on any atom is 0.419 e. The van der Waals surface area contributed by atoms with E-state index in [1.807, 2.05) is 6.07 Å². The molecule has 5 nitrogen and oxygen atoms in total. The summed E-state index contributed by atoms with van der Waals surface area (Å²) < 4.78 is 53.7. The summed E-state index contributed by atoms with van der Waals surface area (Å²) in [5.74, 6) is -0.267. The summed E-state index contributed by atoms with van der Waals surface area (Å²) >= 11 is 6.53. The fourth-order valence-electron chi connectivity index (χ4n) is 4.42. The number of aryl methyl sites for hydroxylation is 1. The average molecular weight is 496 g/mol. The molecule has 0 amide bonds. The number of rotatable bonds is 5. The van der Waals surface area contributed by atoms with Gasteiger partial charge in [-0.15, -0.1) is 0 Å². The molecule has 10 heteroatoms. The summed E-state index contributed by atoms with van der Waals surface area (Å²) in [6, 6.07) is 5.62. The van der Waals surface area contributed by atoms with Crippen molar-refractivity contribution >= 4 is 28.5 Å². The Bertz CT molecular complexity index is 1190. The first-order valence-electron chi connectivity index (χ1n) is 11.2. The number of hydrogen-bond donors (Lipinski definition) is 1. The van der Waals surface area contributed by atoms with Crippen LogP contribution in [0.1, 0.15) is 55.1 Å². The lowest BCUT2D eigenvalue weighted by atomic mass is 9.89. The van der Waals surface area contributed by atoms with Crippen LogP contribution in [-0.2, 0) is 12.7 Å². The van der Waals surface area contributed by atoms with E-state index in [1.165, 1.54) is 12.1 Å². The maximum atomic E-state index is 14.5. The molecule has 0 radical (unpaired) electrons. The zero-order valence-electron chi connectivity index (χ0n) is 19.2. The van der Waals surface area contributed by atoms with Crippen LogP contribution in [0.2, 0.25) is 5.15 Å². The molecule has 34 heavy (non-hydrogen) atoms. The van der Waals surface area contributed by atoms with Crippen LogP contribution in [0, 0.1) is 12.7 Å². The SMILES string of the molecule is Cc1nc(NCc2cccc(C(F)(F)F)c2F)c2cc(C3CCN(C(C)C)CC3)c(Cl)nc2n1. The van der Waals surface area contributed by atoms with Gasteiger partial charge in [0, 0.05) is 18.2 Å². The first kappa shape index (κ1) is 24.6. The van der Waals surface area contributed by atoms with Gasteiger partial charge in [0.1, 0.15) is 22.6 Å². The molecule has 1 aliphatic heterocycles. The smallest absolute Gasteiger partial charge is 0.365 e. The summed E-state index contributed by atoms with van der Waals surface area (Å²) in [6.45, 7) is 7.78. The fourth-order valence-corrected chi connectivity index (χ4v) is 4.71. The van der Waals surface area contributed by atoms with Crippen LogP contribution in [0.3, 0.4) is 0 Å². The van der Waals surface area contributed by atoms with Crippen LogP contribution >= 0.6 is 11.6 Å². The number of piperidine rings is 1. The van der Waals surface area contributed by atoms with E-state index in [-0.39, 0.29) is 18.0 Å². The Morgan fingerprint density at radius 2 is 1.85 bits per heavy atom. The van der Waals surface area contributed by atoms with Crippen molar-refractivity contribution in [2.24, 2.45) is 0 Å². The summed E-state index contributed by atoms with van der Waals surface area (Å²) in [7, 11) is 0. The lowest BCUT2D eigenvalue weighted by molar-refractivity contribution is -0.140. The van der Waals surface area contributed by atoms with Crippen molar-refractivity contribution in [1.29, 1.82) is 0 Å². The molecule has 1 aliphatic rings. The second kappa shape index (κ2) is 9.62. The largest absolute Gasteiger partial charge is 0.419 e. The lowest BCUT2D eigenvalue weighted by Crippen LogP contribution is -2.37. The van der Waals surface area contributed by atoms with Crippen molar-refractivity contribution < 1.29 is 17.6 Å². The van der Waals surface area contributed by atoms with Gasteiger partial charge in [-0.2, -0.15) is 13.2 Å². The van der Waals surface area contributed by atoms with E-state index < -0.39 is 17.6 Å². The van der Waals surface area contributed by atoms with Crippen molar-refractivity contribution in [1.82, 2.24) is 19.9 Å². The molecule has 3 aromatic rings. The quantitative estimate of drug-likeness (QED) is 0.330. The van der Waals surface area contributed by atoms with Gasteiger partial charge in [-0.05, 0) is 70.3 Å². The number of nitrogens with one attached hydrogen (secondary N) is 1. The van der Waals surface area contributed by atoms with E-state index in [0.29, 0.717) is 33.9 Å². The summed E-state index contributed by atoms with van der Waals surface area (Å²) in [5.41, 5.74) is -0.118. The van der Waals surface area contributed by atoms with Crippen LogP contribution in [-0.4, -0.2) is 39.0 Å². The number of pyridine rings is 1. The molecule has 0 unspecified atom stereocenters. The van der Waals surface area contributed by atoms with Crippen molar-refractivity contribution in [3.05, 3.63) is 57.8 Å². The highest BCUT2D eigenvalue weighted by atomic mass is 35.5. The number of hydrogen-bond acceptors (Lipinski definition) is 5. The molecule has 0 atom stereocenters. The number of aromatic nitrogens is 3. The second-order valence-corrected chi connectivity index (χ2v) is 9.25. The van der Waals surface area contributed by atoms with Gasteiger partial charge in [-0.25, -0.2) is 19.3 Å². The fraction of sp³-hybridized carbons (Fsp3) is 0.458. The Balaban J connectivity index is 1.64. The molecule has 1 saturated heterocycles. The Hall–Kier alpha value is -2.52. The standard InChI is InChI=1S/C24H26ClF4N5/c1-13(2)34-9-7-15(8-10-34)17-11-18-22(31-14(3)32-23(18)33-21(17)25)30-12-16-5-4-6-19(20(16)26)24(27,28)29/h4-6,11,13,15H,7-10,12H2,1-3H3,(H,30,31,32,33). The molecule has 0 bridgehead atoms. The Morgan fingerprint density at radius 1 is 1.15 bits per heavy atom. The van der Waals surface area contributed by atoms with Crippen molar-refractivity contribution in [2.45, 2.75) is 58.3 Å². The second-order valence-electron chi connectivity index (χ2n) is 8.89. The normalized spacial score (nSPS) is 15.9. The first-order valence-corrected chi connectivity index (χ1v) is 11.6. The van der Waals surface area contributed by atoms with E-state index in [4.69, 9.17) is 11.6 Å². The molecule has 0 aliphatic carbocycles. The number of alkyl halides is 3. The third-order valence-electron chi connectivity index (χ3n) is 6.31. The topological polar surface area (TPSA) is 53.9 Å². The number of anilines is 1. The van der Waals surface area contributed by atoms with Gasteiger partial charge >= 0.3 is 6.18 Å². The van der Waals surface area contributed by atoms with Gasteiger partial charge in [-0.3, -0.25) is 0 Å². The Morgan fingerprint density at radius 3 is 2.50 bits per heavy atom. The van der Waals surface area contributed by atoms with E-state index in [0.717, 1.165) is 37.6 Å². The van der Waals surface area contributed by atoms with Crippen LogP contribution in [0.4, 0.5) is 23.4 Å². The van der Waals surface area contributed by atoms with Crippen LogP contribution in [0.15, 0.2) is 24.3 Å². The van der Waals surface area contributed by atoms with Gasteiger partial charge < -0.3 is 10.2 Å². The van der Waals surface area contributed by atoms with Crippen LogP contribution < -0.4 is 5.32 Å². The van der Waals surface area contributed by atoms with Crippen LogP contribution in [0.5, 0.6) is 0 Å². The number of likely N-dealkylation sites (tertiary alicyclic amines) is 1. The molecule has 2 aromatic heterocycles. The van der Waals surface area contributed by atoms with Gasteiger partial charge in [0.15, 0.2) is 5.65 Å². The van der Waals surface area contributed by atoms with E-state index in [9.17, 15) is 17.6 Å². The zero-order valence-corrected chi connectivity index (χ0v) is 19.9. The minimum absolute atomic E-state index is 0.109. The number of nitrogens with zero attached hydrogens (tertiary/aromatic N) is 4. The highest BCUT2D eigenvalue weighted by molar-refractivity contribution is 6.30. The zero-order chi connectivity index (χ0) is 24.6. The minimum atomic E-state index is -4.76. The highest BCUT2D eigenvalue weighted by Gasteiger charge is 2.34. The predicted octanol–water partition coefficient (Wildman–Crippen LogP) is 6.34. The molecule has 0 saturated carbocycles. The number of halogens is 5. The molecule has 182 valence electrons. The monoisotopic (exact) mass is 495 g/mol. The Labute approximate surface area is 200 Å². The van der Waals surface area contributed by atoms with Gasteiger partial charge in [-0.1, -0.05) is 23.7 Å². The van der Waals surface area contributed by atoms with Crippen molar-refractivity contribution in [3.63, 3.8) is 0 Å². The molecule has 1 N–H and O–H groups in total. The molecule has 4 rings (SSSR count). The third-order valence-corrected chi connectivity index (χ3v) is 6.61. The van der Waals surface area contributed by atoms with E-state index in [2.05, 4.69) is 39.0 Å². The van der Waals surface area contributed by atoms with Gasteiger partial charge in [0.2, 0.25) is 0 Å². The molecule has 3 heterocycles. The number of benzene rings is 1. The molecule has 1 fully saturated rings. The van der Waals surface area contributed by atoms with Crippen molar-refractivity contribution in [3.8, 4) is 0 Å². The van der Waals surface area contributed by atoms with Crippen LogP contribution in [0.25, 0.3) is 11.0 Å². The summed E-state index contributed by atoms with van der Waals surface area (Å²) in [5, 5.41) is 3.98. The highest BCUT2D eigenvalue weighted by Crippen LogP contribution is 2.36. The number of fused-ring (bicyclic) bond motifs is 1. The molecular formula is C24H26ClF4N5. The average Bonchev–Trinajstić information content (AvgIpc) is 2.77. The molecule has 1 aromatic carbocycles. The maximum absolute atomic E-state index is 14.5. The lowest BCUT2D eigenvalue weighted by Gasteiger charge is -2.35. The van der Waals surface area contributed by atoms with Gasteiger partial charge in [0.05, 0.1) is 10.9 Å².